The standard InChI is InChI=1S/C25H22FN5O3/c26-19-5-3-4-17(14-19)16-34-21-9-7-18(8-10-21)24-29-25(33)22(30-31-24)11-12-23(32)28-15-20-6-1-2-13-27-20/h1-10,13-14H,11-12,15-16H2,(H,28,32)(H,29,31,33). The molecule has 0 spiro atoms. The summed E-state index contributed by atoms with van der Waals surface area (Å²) in [5.41, 5.74) is 1.92. The first-order chi connectivity index (χ1) is 16.6. The second-order valence-corrected chi connectivity index (χ2v) is 7.49. The molecule has 0 bridgehead atoms. The van der Waals surface area contributed by atoms with Crippen molar-refractivity contribution in [3.63, 3.8) is 0 Å². The first kappa shape index (κ1) is 22.8. The fourth-order valence-electron chi connectivity index (χ4n) is 3.17. The Kier molecular flexibility index (Phi) is 7.34. The van der Waals surface area contributed by atoms with Crippen molar-refractivity contribution in [2.45, 2.75) is 26.0 Å². The average Bonchev–Trinajstić information content (AvgIpc) is 2.86. The number of nitrogens with zero attached hydrogens (tertiary/aromatic N) is 3. The molecule has 0 saturated carbocycles. The van der Waals surface area contributed by atoms with E-state index in [0.29, 0.717) is 23.7 Å². The van der Waals surface area contributed by atoms with E-state index >= 15 is 0 Å². The van der Waals surface area contributed by atoms with Crippen molar-refractivity contribution >= 4 is 5.91 Å². The fraction of sp³-hybridized carbons (Fsp3) is 0.160. The summed E-state index contributed by atoms with van der Waals surface area (Å²) < 4.78 is 18.9. The van der Waals surface area contributed by atoms with E-state index < -0.39 is 5.56 Å². The van der Waals surface area contributed by atoms with Crippen molar-refractivity contribution in [2.75, 3.05) is 0 Å². The van der Waals surface area contributed by atoms with Crippen molar-refractivity contribution < 1.29 is 13.9 Å². The molecule has 2 aromatic carbocycles. The molecule has 0 aliphatic carbocycles. The zero-order valence-corrected chi connectivity index (χ0v) is 18.2. The lowest BCUT2D eigenvalue weighted by molar-refractivity contribution is -0.121. The predicted molar refractivity (Wildman–Crippen MR) is 123 cm³/mol. The van der Waals surface area contributed by atoms with Gasteiger partial charge in [-0.15, -0.1) is 10.2 Å². The third-order valence-electron chi connectivity index (χ3n) is 4.97. The number of nitrogens with one attached hydrogen (secondary N) is 2. The molecule has 34 heavy (non-hydrogen) atoms. The van der Waals surface area contributed by atoms with Gasteiger partial charge < -0.3 is 15.0 Å². The van der Waals surface area contributed by atoms with Gasteiger partial charge in [-0.3, -0.25) is 14.6 Å². The number of ether oxygens (including phenoxy) is 1. The predicted octanol–water partition coefficient (Wildman–Crippen LogP) is 3.19. The molecule has 9 heteroatoms. The van der Waals surface area contributed by atoms with Gasteiger partial charge >= 0.3 is 0 Å². The van der Waals surface area contributed by atoms with Gasteiger partial charge in [0.2, 0.25) is 5.91 Å². The van der Waals surface area contributed by atoms with Gasteiger partial charge in [0, 0.05) is 24.6 Å². The lowest BCUT2D eigenvalue weighted by atomic mass is 10.2. The van der Waals surface area contributed by atoms with Crippen LogP contribution in [-0.2, 0) is 24.4 Å². The number of hydrogen-bond acceptors (Lipinski definition) is 6. The number of benzene rings is 2. The van der Waals surface area contributed by atoms with E-state index in [1.807, 2.05) is 12.1 Å². The Morgan fingerprint density at radius 1 is 1.03 bits per heavy atom. The summed E-state index contributed by atoms with van der Waals surface area (Å²) >= 11 is 0. The van der Waals surface area contributed by atoms with Crippen molar-refractivity contribution in [2.24, 2.45) is 0 Å². The average molecular weight is 459 g/mol. The summed E-state index contributed by atoms with van der Waals surface area (Å²) in [6, 6.07) is 18.6. The van der Waals surface area contributed by atoms with Crippen LogP contribution in [0.3, 0.4) is 0 Å². The van der Waals surface area contributed by atoms with Gasteiger partial charge in [-0.05, 0) is 54.1 Å². The van der Waals surface area contributed by atoms with Gasteiger partial charge in [-0.1, -0.05) is 18.2 Å². The number of carbonyl (C=O) groups excluding carboxylic acids is 1. The topological polar surface area (TPSA) is 110 Å². The van der Waals surface area contributed by atoms with Crippen LogP contribution in [0.4, 0.5) is 4.39 Å². The van der Waals surface area contributed by atoms with Gasteiger partial charge in [0.05, 0.1) is 12.2 Å². The number of rotatable bonds is 9. The van der Waals surface area contributed by atoms with E-state index in [-0.39, 0.29) is 36.9 Å². The normalized spacial score (nSPS) is 10.6. The van der Waals surface area contributed by atoms with Crippen LogP contribution >= 0.6 is 0 Å². The first-order valence-corrected chi connectivity index (χ1v) is 10.7. The monoisotopic (exact) mass is 459 g/mol. The van der Waals surface area contributed by atoms with E-state index in [1.54, 1.807) is 48.7 Å². The van der Waals surface area contributed by atoms with E-state index in [1.165, 1.54) is 12.1 Å². The Morgan fingerprint density at radius 3 is 2.62 bits per heavy atom. The fourth-order valence-corrected chi connectivity index (χ4v) is 3.17. The highest BCUT2D eigenvalue weighted by Gasteiger charge is 2.10. The molecule has 2 heterocycles. The number of aryl methyl sites for hydroxylation is 1. The molecule has 0 unspecified atom stereocenters. The number of aromatic nitrogens is 4. The molecule has 4 rings (SSSR count). The van der Waals surface area contributed by atoms with Crippen molar-refractivity contribution in [1.82, 2.24) is 25.5 Å². The highest BCUT2D eigenvalue weighted by atomic mass is 19.1. The Hall–Kier alpha value is -4.40. The van der Waals surface area contributed by atoms with Gasteiger partial charge in [-0.25, -0.2) is 4.39 Å². The van der Waals surface area contributed by atoms with Crippen molar-refractivity contribution in [3.8, 4) is 17.1 Å². The molecule has 1 amide bonds. The van der Waals surface area contributed by atoms with Crippen molar-refractivity contribution in [1.29, 1.82) is 0 Å². The number of aromatic amines is 1. The van der Waals surface area contributed by atoms with Crippen LogP contribution < -0.4 is 15.6 Å². The Bertz CT molecular complexity index is 1310. The highest BCUT2D eigenvalue weighted by Crippen LogP contribution is 2.19. The number of H-pyrrole nitrogens is 1. The summed E-state index contributed by atoms with van der Waals surface area (Å²) in [5, 5.41) is 10.8. The van der Waals surface area contributed by atoms with E-state index in [9.17, 15) is 14.0 Å². The quantitative estimate of drug-likeness (QED) is 0.398. The zero-order chi connectivity index (χ0) is 23.8. The number of amides is 1. The summed E-state index contributed by atoms with van der Waals surface area (Å²) in [5.74, 6) is 0.388. The molecule has 0 aliphatic heterocycles. The lowest BCUT2D eigenvalue weighted by Crippen LogP contribution is -2.25. The molecule has 0 fully saturated rings. The SMILES string of the molecule is O=C(CCc1nnc(-c2ccc(OCc3cccc(F)c3)cc2)[nH]c1=O)NCc1ccccn1. The summed E-state index contributed by atoms with van der Waals surface area (Å²) in [6.07, 6.45) is 1.94. The molecule has 2 aromatic heterocycles. The Balaban J connectivity index is 1.30. The molecule has 172 valence electrons. The lowest BCUT2D eigenvalue weighted by Gasteiger charge is -2.08. The summed E-state index contributed by atoms with van der Waals surface area (Å²) in [7, 11) is 0. The Labute approximate surface area is 194 Å². The maximum absolute atomic E-state index is 13.3. The van der Waals surface area contributed by atoms with Crippen LogP contribution in [0.15, 0.2) is 77.7 Å². The number of halogens is 1. The smallest absolute Gasteiger partial charge is 0.273 e. The van der Waals surface area contributed by atoms with Crippen LogP contribution in [-0.4, -0.2) is 26.1 Å². The van der Waals surface area contributed by atoms with Gasteiger partial charge in [0.1, 0.15) is 23.9 Å². The zero-order valence-electron chi connectivity index (χ0n) is 18.2. The van der Waals surface area contributed by atoms with E-state index in [0.717, 1.165) is 11.3 Å². The molecule has 8 nitrogen and oxygen atoms in total. The molecule has 2 N–H and O–H groups in total. The van der Waals surface area contributed by atoms with Crippen LogP contribution in [0, 0.1) is 5.82 Å². The van der Waals surface area contributed by atoms with Crippen molar-refractivity contribution in [3.05, 3.63) is 106 Å². The second kappa shape index (κ2) is 11.0. The molecule has 4 aromatic rings. The van der Waals surface area contributed by atoms with E-state index in [2.05, 4.69) is 25.5 Å². The number of carbonyl (C=O) groups is 1. The molecular formula is C25H22FN5O3. The molecule has 0 radical (unpaired) electrons. The van der Waals surface area contributed by atoms with Crippen LogP contribution in [0.5, 0.6) is 5.75 Å². The van der Waals surface area contributed by atoms with E-state index in [4.69, 9.17) is 4.74 Å². The highest BCUT2D eigenvalue weighted by molar-refractivity contribution is 5.76. The number of hydrogen-bond donors (Lipinski definition) is 2. The molecule has 0 saturated heterocycles. The second-order valence-electron chi connectivity index (χ2n) is 7.49. The molecule has 0 aliphatic rings. The maximum Gasteiger partial charge on any atom is 0.273 e. The Morgan fingerprint density at radius 2 is 1.88 bits per heavy atom. The largest absolute Gasteiger partial charge is 0.489 e. The summed E-state index contributed by atoms with van der Waals surface area (Å²) in [4.78, 5) is 31.3. The molecular weight excluding hydrogens is 437 g/mol. The van der Waals surface area contributed by atoms with Gasteiger partial charge in [0.25, 0.3) is 5.56 Å². The van der Waals surface area contributed by atoms with Crippen LogP contribution in [0.1, 0.15) is 23.4 Å². The first-order valence-electron chi connectivity index (χ1n) is 10.7. The minimum atomic E-state index is -0.394. The number of pyridine rings is 1. The maximum atomic E-state index is 13.3. The van der Waals surface area contributed by atoms with Crippen LogP contribution in [0.25, 0.3) is 11.4 Å². The molecule has 0 atom stereocenters. The summed E-state index contributed by atoms with van der Waals surface area (Å²) in [6.45, 7) is 0.556. The van der Waals surface area contributed by atoms with Gasteiger partial charge in [-0.2, -0.15) is 0 Å². The third kappa shape index (κ3) is 6.32. The minimum Gasteiger partial charge on any atom is -0.489 e. The minimum absolute atomic E-state index is 0.112. The van der Waals surface area contributed by atoms with Crippen LogP contribution in [0.2, 0.25) is 0 Å². The third-order valence-corrected chi connectivity index (χ3v) is 4.97. The van der Waals surface area contributed by atoms with Gasteiger partial charge in [0.15, 0.2) is 5.82 Å².